The van der Waals surface area contributed by atoms with Gasteiger partial charge in [-0.25, -0.2) is 0 Å². The van der Waals surface area contributed by atoms with Crippen molar-refractivity contribution in [1.82, 2.24) is 4.90 Å². The summed E-state index contributed by atoms with van der Waals surface area (Å²) in [6, 6.07) is -0.214. The lowest BCUT2D eigenvalue weighted by atomic mass is 10.2. The van der Waals surface area contributed by atoms with E-state index >= 15 is 0 Å². The topological polar surface area (TPSA) is 20.3 Å². The lowest BCUT2D eigenvalue weighted by Gasteiger charge is -2.24. The number of ketones is 1. The molecule has 0 bridgehead atoms. The number of halogens is 3. The highest BCUT2D eigenvalue weighted by molar-refractivity contribution is 5.81. The maximum atomic E-state index is 11.9. The SMILES string of the molecule is CN(CC(F)(F)F)C1CCC(=O)C1. The fourth-order valence-corrected chi connectivity index (χ4v) is 1.58. The predicted molar refractivity (Wildman–Crippen MR) is 41.3 cm³/mol. The number of Topliss-reactive ketones (excluding diaryl/α,β-unsaturated/α-hetero) is 1. The van der Waals surface area contributed by atoms with Gasteiger partial charge in [-0.3, -0.25) is 9.69 Å². The molecule has 1 saturated carbocycles. The number of hydrogen-bond acceptors (Lipinski definition) is 2. The van der Waals surface area contributed by atoms with Crippen LogP contribution in [-0.4, -0.2) is 36.5 Å². The average molecular weight is 195 g/mol. The van der Waals surface area contributed by atoms with E-state index in [1.165, 1.54) is 11.9 Å². The predicted octanol–water partition coefficient (Wildman–Crippen LogP) is 1.60. The summed E-state index contributed by atoms with van der Waals surface area (Å²) in [6.45, 7) is -0.926. The molecule has 0 saturated heterocycles. The number of nitrogens with zero attached hydrogens (tertiary/aromatic N) is 1. The third-order valence-corrected chi connectivity index (χ3v) is 2.27. The van der Waals surface area contributed by atoms with Gasteiger partial charge >= 0.3 is 6.18 Å². The molecular formula is C8H12F3NO. The number of alkyl halides is 3. The average Bonchev–Trinajstić information content (AvgIpc) is 2.31. The third-order valence-electron chi connectivity index (χ3n) is 2.27. The van der Waals surface area contributed by atoms with Crippen LogP contribution in [-0.2, 0) is 4.79 Å². The third kappa shape index (κ3) is 3.34. The number of hydrogen-bond donors (Lipinski definition) is 0. The van der Waals surface area contributed by atoms with Crippen LogP contribution in [0.1, 0.15) is 19.3 Å². The molecule has 1 unspecified atom stereocenters. The molecule has 1 aliphatic carbocycles. The first kappa shape index (κ1) is 10.5. The zero-order valence-electron chi connectivity index (χ0n) is 7.40. The lowest BCUT2D eigenvalue weighted by molar-refractivity contribution is -0.147. The molecule has 0 aromatic heterocycles. The van der Waals surface area contributed by atoms with Crippen molar-refractivity contribution in [2.75, 3.05) is 13.6 Å². The van der Waals surface area contributed by atoms with Crippen LogP contribution in [0.3, 0.4) is 0 Å². The zero-order valence-corrected chi connectivity index (χ0v) is 7.40. The van der Waals surface area contributed by atoms with Gasteiger partial charge in [0, 0.05) is 18.9 Å². The Morgan fingerprint density at radius 1 is 1.54 bits per heavy atom. The Hall–Kier alpha value is -0.580. The fourth-order valence-electron chi connectivity index (χ4n) is 1.58. The molecule has 0 spiro atoms. The molecule has 5 heteroatoms. The first-order valence-electron chi connectivity index (χ1n) is 4.17. The summed E-state index contributed by atoms with van der Waals surface area (Å²) in [7, 11) is 1.41. The minimum absolute atomic E-state index is 0.0685. The largest absolute Gasteiger partial charge is 0.401 e. The summed E-state index contributed by atoms with van der Waals surface area (Å²) in [5, 5.41) is 0. The summed E-state index contributed by atoms with van der Waals surface area (Å²) < 4.78 is 35.8. The first-order chi connectivity index (χ1) is 5.88. The van der Waals surface area contributed by atoms with Crippen LogP contribution in [0.25, 0.3) is 0 Å². The normalized spacial score (nSPS) is 24.4. The van der Waals surface area contributed by atoms with Gasteiger partial charge in [0.2, 0.25) is 0 Å². The van der Waals surface area contributed by atoms with E-state index in [1.54, 1.807) is 0 Å². The van der Waals surface area contributed by atoms with Crippen molar-refractivity contribution in [2.24, 2.45) is 0 Å². The second-order valence-corrected chi connectivity index (χ2v) is 3.47. The standard InChI is InChI=1S/C8H12F3NO/c1-12(5-8(9,10)11)6-2-3-7(13)4-6/h6H,2-5H2,1H3. The van der Waals surface area contributed by atoms with Crippen molar-refractivity contribution in [3.63, 3.8) is 0 Å². The van der Waals surface area contributed by atoms with Gasteiger partial charge in [-0.05, 0) is 13.5 Å². The van der Waals surface area contributed by atoms with E-state index in [9.17, 15) is 18.0 Å². The zero-order chi connectivity index (χ0) is 10.1. The van der Waals surface area contributed by atoms with Gasteiger partial charge in [-0.15, -0.1) is 0 Å². The van der Waals surface area contributed by atoms with Crippen molar-refractivity contribution in [3.05, 3.63) is 0 Å². The van der Waals surface area contributed by atoms with E-state index in [1.807, 2.05) is 0 Å². The second-order valence-electron chi connectivity index (χ2n) is 3.47. The van der Waals surface area contributed by atoms with E-state index in [2.05, 4.69) is 0 Å². The van der Waals surface area contributed by atoms with Crippen LogP contribution in [0.2, 0.25) is 0 Å². The van der Waals surface area contributed by atoms with Crippen LogP contribution in [0.15, 0.2) is 0 Å². The molecule has 0 heterocycles. The summed E-state index contributed by atoms with van der Waals surface area (Å²) in [4.78, 5) is 12.0. The monoisotopic (exact) mass is 195 g/mol. The van der Waals surface area contributed by atoms with Crippen molar-refractivity contribution in [1.29, 1.82) is 0 Å². The lowest BCUT2D eigenvalue weighted by Crippen LogP contribution is -2.37. The van der Waals surface area contributed by atoms with Crippen LogP contribution >= 0.6 is 0 Å². The maximum absolute atomic E-state index is 11.9. The quantitative estimate of drug-likeness (QED) is 0.667. The van der Waals surface area contributed by atoms with Crippen molar-refractivity contribution < 1.29 is 18.0 Å². The Morgan fingerprint density at radius 3 is 2.54 bits per heavy atom. The minimum atomic E-state index is -4.17. The smallest absolute Gasteiger partial charge is 0.300 e. The molecule has 13 heavy (non-hydrogen) atoms. The maximum Gasteiger partial charge on any atom is 0.401 e. The molecule has 0 N–H and O–H groups in total. The van der Waals surface area contributed by atoms with Crippen LogP contribution in [0.4, 0.5) is 13.2 Å². The first-order valence-corrected chi connectivity index (χ1v) is 4.17. The molecule has 1 fully saturated rings. The number of carbonyl (C=O) groups is 1. The fraction of sp³-hybridized carbons (Fsp3) is 0.875. The molecule has 1 rings (SSSR count). The van der Waals surface area contributed by atoms with E-state index in [0.717, 1.165) is 0 Å². The molecular weight excluding hydrogens is 183 g/mol. The highest BCUT2D eigenvalue weighted by atomic mass is 19.4. The highest BCUT2D eigenvalue weighted by Crippen LogP contribution is 2.23. The van der Waals surface area contributed by atoms with Gasteiger partial charge < -0.3 is 0 Å². The highest BCUT2D eigenvalue weighted by Gasteiger charge is 2.34. The summed E-state index contributed by atoms with van der Waals surface area (Å²) in [5.41, 5.74) is 0. The molecule has 0 aromatic carbocycles. The van der Waals surface area contributed by atoms with Gasteiger partial charge in [-0.2, -0.15) is 13.2 Å². The summed E-state index contributed by atoms with van der Waals surface area (Å²) in [6.07, 6.45) is -2.91. The second kappa shape index (κ2) is 3.65. The number of rotatable bonds is 2. The van der Waals surface area contributed by atoms with Crippen molar-refractivity contribution in [3.8, 4) is 0 Å². The van der Waals surface area contributed by atoms with Crippen LogP contribution in [0.5, 0.6) is 0 Å². The van der Waals surface area contributed by atoms with E-state index in [0.29, 0.717) is 12.8 Å². The van der Waals surface area contributed by atoms with E-state index in [-0.39, 0.29) is 18.2 Å². The molecule has 1 atom stereocenters. The Labute approximate surface area is 74.7 Å². The van der Waals surface area contributed by atoms with Crippen molar-refractivity contribution in [2.45, 2.75) is 31.5 Å². The molecule has 0 aliphatic heterocycles. The van der Waals surface area contributed by atoms with Crippen LogP contribution in [0, 0.1) is 0 Å². The summed E-state index contributed by atoms with van der Waals surface area (Å²) >= 11 is 0. The van der Waals surface area contributed by atoms with Gasteiger partial charge in [0.05, 0.1) is 6.54 Å². The Bertz CT molecular complexity index is 202. The van der Waals surface area contributed by atoms with Gasteiger partial charge in [0.25, 0.3) is 0 Å². The van der Waals surface area contributed by atoms with Gasteiger partial charge in [0.1, 0.15) is 5.78 Å². The molecule has 0 radical (unpaired) electrons. The molecule has 2 nitrogen and oxygen atoms in total. The van der Waals surface area contributed by atoms with E-state index in [4.69, 9.17) is 0 Å². The molecule has 1 aliphatic rings. The van der Waals surface area contributed by atoms with Gasteiger partial charge in [0.15, 0.2) is 0 Å². The summed E-state index contributed by atoms with van der Waals surface area (Å²) in [5.74, 6) is 0.0685. The Morgan fingerprint density at radius 2 is 2.15 bits per heavy atom. The molecule has 76 valence electrons. The Kier molecular flexibility index (Phi) is 2.95. The van der Waals surface area contributed by atoms with E-state index < -0.39 is 12.7 Å². The number of carbonyl (C=O) groups excluding carboxylic acids is 1. The van der Waals surface area contributed by atoms with Crippen molar-refractivity contribution >= 4 is 5.78 Å². The Balaban J connectivity index is 2.40. The van der Waals surface area contributed by atoms with Gasteiger partial charge in [-0.1, -0.05) is 0 Å². The minimum Gasteiger partial charge on any atom is -0.300 e. The van der Waals surface area contributed by atoms with Crippen LogP contribution < -0.4 is 0 Å². The molecule has 0 amide bonds. The molecule has 0 aromatic rings.